The van der Waals surface area contributed by atoms with Crippen LogP contribution in [0.25, 0.3) is 5.57 Å². The molecule has 0 atom stereocenters. The molecular formula is C10H12N2. The van der Waals surface area contributed by atoms with Crippen molar-refractivity contribution in [3.63, 3.8) is 0 Å². The molecule has 2 nitrogen and oxygen atoms in total. The van der Waals surface area contributed by atoms with Gasteiger partial charge in [0.15, 0.2) is 0 Å². The second kappa shape index (κ2) is 4.34. The van der Waals surface area contributed by atoms with E-state index in [9.17, 15) is 0 Å². The minimum absolute atomic E-state index is 1.14. The zero-order chi connectivity index (χ0) is 8.81. The Labute approximate surface area is 72.6 Å². The van der Waals surface area contributed by atoms with Crippen molar-refractivity contribution in [2.24, 2.45) is 5.10 Å². The van der Waals surface area contributed by atoms with Crippen LogP contribution in [0.15, 0.2) is 41.6 Å². The van der Waals surface area contributed by atoms with E-state index < -0.39 is 0 Å². The summed E-state index contributed by atoms with van der Waals surface area (Å²) in [5.74, 6) is 0. The van der Waals surface area contributed by atoms with Gasteiger partial charge in [0.2, 0.25) is 0 Å². The molecule has 0 fully saturated rings. The van der Waals surface area contributed by atoms with Crippen molar-refractivity contribution in [3.8, 4) is 0 Å². The number of rotatable bonds is 3. The lowest BCUT2D eigenvalue weighted by molar-refractivity contribution is 0.982. The molecule has 0 bridgehead atoms. The molecule has 0 spiro atoms. The first-order valence-electron chi connectivity index (χ1n) is 3.78. The third kappa shape index (κ3) is 2.23. The normalized spacial score (nSPS) is 10.9. The van der Waals surface area contributed by atoms with Crippen LogP contribution in [0.3, 0.4) is 0 Å². The lowest BCUT2D eigenvalue weighted by Gasteiger charge is -1.99. The number of hydrazone groups is 1. The quantitative estimate of drug-likeness (QED) is 0.532. The van der Waals surface area contributed by atoms with Crippen molar-refractivity contribution in [2.75, 3.05) is 0 Å². The van der Waals surface area contributed by atoms with Crippen molar-refractivity contribution in [1.82, 2.24) is 5.43 Å². The highest BCUT2D eigenvalue weighted by molar-refractivity contribution is 5.62. The molecule has 12 heavy (non-hydrogen) atoms. The fourth-order valence-electron chi connectivity index (χ4n) is 0.927. The van der Waals surface area contributed by atoms with E-state index in [1.54, 1.807) is 0 Å². The first kappa shape index (κ1) is 8.53. The van der Waals surface area contributed by atoms with E-state index in [2.05, 4.69) is 29.4 Å². The van der Waals surface area contributed by atoms with Gasteiger partial charge in [-0.05, 0) is 18.1 Å². The number of benzene rings is 1. The number of nitrogens with one attached hydrogen (secondary N) is 1. The van der Waals surface area contributed by atoms with Crippen molar-refractivity contribution in [3.05, 3.63) is 42.1 Å². The molecule has 0 aromatic heterocycles. The molecule has 0 amide bonds. The van der Waals surface area contributed by atoms with Gasteiger partial charge < -0.3 is 0 Å². The molecule has 0 aliphatic carbocycles. The van der Waals surface area contributed by atoms with E-state index >= 15 is 0 Å². The van der Waals surface area contributed by atoms with Crippen LogP contribution >= 0.6 is 0 Å². The molecule has 1 aromatic rings. The Morgan fingerprint density at radius 2 is 2.08 bits per heavy atom. The van der Waals surface area contributed by atoms with Crippen LogP contribution in [0.2, 0.25) is 0 Å². The Morgan fingerprint density at radius 3 is 2.67 bits per heavy atom. The standard InChI is InChI=1S/C10H12N2/c1-9(8-12-11-2)10-6-4-3-5-7-10/h3-8,12H,2H2,1H3/b9-8+. The Morgan fingerprint density at radius 1 is 1.42 bits per heavy atom. The largest absolute Gasteiger partial charge is 0.286 e. The Bertz CT molecular complexity index is 275. The van der Waals surface area contributed by atoms with Gasteiger partial charge in [-0.3, -0.25) is 5.43 Å². The van der Waals surface area contributed by atoms with Gasteiger partial charge in [0.25, 0.3) is 0 Å². The first-order chi connectivity index (χ1) is 5.84. The van der Waals surface area contributed by atoms with E-state index in [1.807, 2.05) is 31.3 Å². The summed E-state index contributed by atoms with van der Waals surface area (Å²) in [5, 5.41) is 3.52. The smallest absolute Gasteiger partial charge is 0.0234 e. The molecule has 0 saturated carbocycles. The molecular weight excluding hydrogens is 148 g/mol. The van der Waals surface area contributed by atoms with Gasteiger partial charge in [-0.15, -0.1) is 0 Å². The van der Waals surface area contributed by atoms with Gasteiger partial charge in [-0.2, -0.15) is 5.10 Å². The Kier molecular flexibility index (Phi) is 3.08. The Balaban J connectivity index is 2.77. The molecule has 0 aliphatic rings. The predicted molar refractivity (Wildman–Crippen MR) is 52.8 cm³/mol. The molecule has 1 aromatic carbocycles. The van der Waals surface area contributed by atoms with Crippen molar-refractivity contribution < 1.29 is 0 Å². The van der Waals surface area contributed by atoms with E-state index in [0.29, 0.717) is 0 Å². The molecule has 1 rings (SSSR count). The summed E-state index contributed by atoms with van der Waals surface area (Å²) >= 11 is 0. The fourth-order valence-corrected chi connectivity index (χ4v) is 0.927. The van der Waals surface area contributed by atoms with Crippen LogP contribution in [0.4, 0.5) is 0 Å². The van der Waals surface area contributed by atoms with E-state index in [1.165, 1.54) is 5.56 Å². The van der Waals surface area contributed by atoms with Crippen LogP contribution in [-0.4, -0.2) is 6.72 Å². The molecule has 62 valence electrons. The maximum absolute atomic E-state index is 3.52. The summed E-state index contributed by atoms with van der Waals surface area (Å²) in [7, 11) is 0. The van der Waals surface area contributed by atoms with Crippen LogP contribution in [0, 0.1) is 0 Å². The summed E-state index contributed by atoms with van der Waals surface area (Å²) in [4.78, 5) is 0. The first-order valence-corrected chi connectivity index (χ1v) is 3.78. The fraction of sp³-hybridized carbons (Fsp3) is 0.100. The number of nitrogens with zero attached hydrogens (tertiary/aromatic N) is 1. The monoisotopic (exact) mass is 160 g/mol. The second-order valence-corrected chi connectivity index (χ2v) is 2.48. The zero-order valence-corrected chi connectivity index (χ0v) is 7.12. The van der Waals surface area contributed by atoms with Gasteiger partial charge in [-0.25, -0.2) is 0 Å². The van der Waals surface area contributed by atoms with Crippen LogP contribution < -0.4 is 5.43 Å². The third-order valence-corrected chi connectivity index (χ3v) is 1.60. The zero-order valence-electron chi connectivity index (χ0n) is 7.12. The molecule has 0 saturated heterocycles. The van der Waals surface area contributed by atoms with Gasteiger partial charge in [0, 0.05) is 12.9 Å². The van der Waals surface area contributed by atoms with E-state index in [-0.39, 0.29) is 0 Å². The minimum atomic E-state index is 1.14. The molecule has 1 N–H and O–H groups in total. The molecule has 0 unspecified atom stereocenters. The maximum Gasteiger partial charge on any atom is 0.0234 e. The molecule has 2 heteroatoms. The average Bonchev–Trinajstić information content (AvgIpc) is 2.15. The highest BCUT2D eigenvalue weighted by Crippen LogP contribution is 2.10. The van der Waals surface area contributed by atoms with Gasteiger partial charge in [0.1, 0.15) is 0 Å². The molecule has 0 heterocycles. The van der Waals surface area contributed by atoms with Crippen molar-refractivity contribution >= 4 is 12.3 Å². The SMILES string of the molecule is C=NN/C=C(\C)c1ccccc1. The van der Waals surface area contributed by atoms with Crippen LogP contribution in [0.5, 0.6) is 0 Å². The average molecular weight is 160 g/mol. The minimum Gasteiger partial charge on any atom is -0.286 e. The number of hydrogen-bond donors (Lipinski definition) is 1. The Hall–Kier alpha value is -1.57. The number of hydrogen-bond acceptors (Lipinski definition) is 2. The van der Waals surface area contributed by atoms with Gasteiger partial charge in [0.05, 0.1) is 0 Å². The predicted octanol–water partition coefficient (Wildman–Crippen LogP) is 2.25. The lowest BCUT2D eigenvalue weighted by Crippen LogP contribution is -1.92. The summed E-state index contributed by atoms with van der Waals surface area (Å²) in [5.41, 5.74) is 5.03. The third-order valence-electron chi connectivity index (χ3n) is 1.60. The summed E-state index contributed by atoms with van der Waals surface area (Å²) in [6.07, 6.45) is 1.82. The van der Waals surface area contributed by atoms with Crippen LogP contribution in [0.1, 0.15) is 12.5 Å². The summed E-state index contributed by atoms with van der Waals surface area (Å²) in [6, 6.07) is 10.1. The van der Waals surface area contributed by atoms with E-state index in [4.69, 9.17) is 0 Å². The molecule has 0 aliphatic heterocycles. The van der Waals surface area contributed by atoms with Crippen LogP contribution in [-0.2, 0) is 0 Å². The maximum atomic E-state index is 3.52. The van der Waals surface area contributed by atoms with Gasteiger partial charge >= 0.3 is 0 Å². The second-order valence-electron chi connectivity index (χ2n) is 2.48. The highest BCUT2D eigenvalue weighted by Gasteiger charge is 1.90. The van der Waals surface area contributed by atoms with Crippen molar-refractivity contribution in [1.29, 1.82) is 0 Å². The van der Waals surface area contributed by atoms with Crippen molar-refractivity contribution in [2.45, 2.75) is 6.92 Å². The topological polar surface area (TPSA) is 24.4 Å². The van der Waals surface area contributed by atoms with Gasteiger partial charge in [-0.1, -0.05) is 30.3 Å². The summed E-state index contributed by atoms with van der Waals surface area (Å²) in [6.45, 7) is 5.34. The number of allylic oxidation sites excluding steroid dienone is 1. The lowest BCUT2D eigenvalue weighted by atomic mass is 10.1. The highest BCUT2D eigenvalue weighted by atomic mass is 15.3. The van der Waals surface area contributed by atoms with E-state index in [0.717, 1.165) is 5.57 Å². The summed E-state index contributed by atoms with van der Waals surface area (Å²) < 4.78 is 0. The molecule has 0 radical (unpaired) electrons.